The van der Waals surface area contributed by atoms with Gasteiger partial charge < -0.3 is 19.8 Å². The summed E-state index contributed by atoms with van der Waals surface area (Å²) in [5, 5.41) is 2.89. The second-order valence-electron chi connectivity index (χ2n) is 6.92. The maximum Gasteiger partial charge on any atom is 0.248 e. The number of carbonyl (C=O) groups excluding carboxylic acids is 1. The minimum Gasteiger partial charge on any atom is -0.454 e. The van der Waals surface area contributed by atoms with Gasteiger partial charge in [0, 0.05) is 17.7 Å². The van der Waals surface area contributed by atoms with Crippen molar-refractivity contribution in [3.05, 3.63) is 53.9 Å². The number of imidazole rings is 1. The average molecular weight is 361 g/mol. The molecule has 136 valence electrons. The number of rotatable bonds is 4. The highest BCUT2D eigenvalue weighted by Crippen LogP contribution is 2.36. The molecule has 2 heterocycles. The fourth-order valence-electron chi connectivity index (χ4n) is 3.35. The van der Waals surface area contributed by atoms with Crippen LogP contribution in [0.15, 0.2) is 42.5 Å². The first kappa shape index (κ1) is 15.9. The molecule has 3 aromatic rings. The molecule has 1 aromatic heterocycles. The third kappa shape index (κ3) is 3.14. The highest BCUT2D eigenvalue weighted by molar-refractivity contribution is 6.02. The van der Waals surface area contributed by atoms with Crippen LogP contribution in [0.25, 0.3) is 17.1 Å². The summed E-state index contributed by atoms with van der Waals surface area (Å²) in [4.78, 5) is 20.3. The van der Waals surface area contributed by atoms with E-state index in [0.29, 0.717) is 11.7 Å². The zero-order valence-electron chi connectivity index (χ0n) is 14.7. The first-order valence-electron chi connectivity index (χ1n) is 9.13. The molecule has 0 saturated heterocycles. The Kier molecular flexibility index (Phi) is 3.81. The second-order valence-corrected chi connectivity index (χ2v) is 6.92. The minimum absolute atomic E-state index is 0.189. The molecule has 1 amide bonds. The summed E-state index contributed by atoms with van der Waals surface area (Å²) in [5.41, 5.74) is 3.51. The molecule has 0 atom stereocenters. The number of H-pyrrole nitrogens is 1. The van der Waals surface area contributed by atoms with Gasteiger partial charge in [-0.2, -0.15) is 0 Å². The summed E-state index contributed by atoms with van der Waals surface area (Å²) in [6.45, 7) is 0.238. The molecule has 0 spiro atoms. The Labute approximate surface area is 156 Å². The molecule has 0 radical (unpaired) electrons. The Morgan fingerprint density at radius 1 is 1.15 bits per heavy atom. The maximum atomic E-state index is 12.2. The van der Waals surface area contributed by atoms with Crippen LogP contribution in [-0.2, 0) is 4.79 Å². The van der Waals surface area contributed by atoms with Crippen LogP contribution < -0.4 is 14.8 Å². The number of amides is 1. The summed E-state index contributed by atoms with van der Waals surface area (Å²) in [6, 6.07) is 11.3. The van der Waals surface area contributed by atoms with Crippen molar-refractivity contribution >= 4 is 28.7 Å². The quantitative estimate of drug-likeness (QED) is 0.683. The number of aromatic amines is 1. The number of aromatic nitrogens is 2. The summed E-state index contributed by atoms with van der Waals surface area (Å²) < 4.78 is 10.6. The molecule has 1 saturated carbocycles. The van der Waals surface area contributed by atoms with E-state index in [9.17, 15) is 4.79 Å². The third-order valence-electron chi connectivity index (χ3n) is 5.08. The Morgan fingerprint density at radius 3 is 2.89 bits per heavy atom. The Morgan fingerprint density at radius 2 is 2.04 bits per heavy atom. The molecule has 5 rings (SSSR count). The van der Waals surface area contributed by atoms with Gasteiger partial charge in [0.25, 0.3) is 0 Å². The largest absolute Gasteiger partial charge is 0.454 e. The number of benzene rings is 2. The topological polar surface area (TPSA) is 76.2 Å². The molecule has 2 N–H and O–H groups in total. The lowest BCUT2D eigenvalue weighted by atomic mass is 9.85. The normalized spacial score (nSPS) is 16.0. The van der Waals surface area contributed by atoms with Crippen molar-refractivity contribution in [1.82, 2.24) is 9.97 Å². The van der Waals surface area contributed by atoms with Gasteiger partial charge in [-0.1, -0.05) is 12.5 Å². The molecule has 0 unspecified atom stereocenters. The molecule has 2 aromatic carbocycles. The van der Waals surface area contributed by atoms with Gasteiger partial charge in [-0.3, -0.25) is 4.79 Å². The summed E-state index contributed by atoms with van der Waals surface area (Å²) >= 11 is 0. The fourth-order valence-corrected chi connectivity index (χ4v) is 3.35. The summed E-state index contributed by atoms with van der Waals surface area (Å²) in [6.07, 6.45) is 6.94. The molecule has 6 nitrogen and oxygen atoms in total. The lowest BCUT2D eigenvalue weighted by Crippen LogP contribution is -2.10. The van der Waals surface area contributed by atoms with Crippen molar-refractivity contribution < 1.29 is 14.3 Å². The SMILES string of the molecule is O=C(C=Cc1ccc2c(c1)OCO2)Nc1ccc2nc(C3CCC3)[nH]c2c1. The van der Waals surface area contributed by atoms with E-state index in [2.05, 4.69) is 15.3 Å². The second kappa shape index (κ2) is 6.46. The van der Waals surface area contributed by atoms with Crippen LogP contribution in [0.3, 0.4) is 0 Å². The number of hydrogen-bond acceptors (Lipinski definition) is 4. The molecule has 6 heteroatoms. The summed E-state index contributed by atoms with van der Waals surface area (Å²) in [7, 11) is 0. The predicted octanol–water partition coefficient (Wildman–Crippen LogP) is 4.21. The lowest BCUT2D eigenvalue weighted by Gasteiger charge is -2.22. The average Bonchev–Trinajstić information content (AvgIpc) is 3.24. The van der Waals surface area contributed by atoms with Crippen molar-refractivity contribution in [2.45, 2.75) is 25.2 Å². The van der Waals surface area contributed by atoms with Gasteiger partial charge in [-0.05, 0) is 54.8 Å². The van der Waals surface area contributed by atoms with E-state index in [1.165, 1.54) is 25.3 Å². The number of carbonyl (C=O) groups is 1. The molecular formula is C21H19N3O3. The minimum atomic E-state index is -0.189. The van der Waals surface area contributed by atoms with Crippen molar-refractivity contribution in [2.24, 2.45) is 0 Å². The highest BCUT2D eigenvalue weighted by Gasteiger charge is 2.22. The van der Waals surface area contributed by atoms with Crippen molar-refractivity contribution in [3.8, 4) is 11.5 Å². The van der Waals surface area contributed by atoms with Crippen LogP contribution in [0.2, 0.25) is 0 Å². The van der Waals surface area contributed by atoms with Crippen molar-refractivity contribution in [3.63, 3.8) is 0 Å². The van der Waals surface area contributed by atoms with Gasteiger partial charge in [-0.15, -0.1) is 0 Å². The molecule has 1 aliphatic carbocycles. The molecule has 0 bridgehead atoms. The monoisotopic (exact) mass is 361 g/mol. The van der Waals surface area contributed by atoms with Crippen LogP contribution in [0.4, 0.5) is 5.69 Å². The number of anilines is 1. The Balaban J connectivity index is 1.28. The van der Waals surface area contributed by atoms with Crippen molar-refractivity contribution in [2.75, 3.05) is 12.1 Å². The predicted molar refractivity (Wildman–Crippen MR) is 103 cm³/mol. The fraction of sp³-hybridized carbons (Fsp3) is 0.238. The number of ether oxygens (including phenoxy) is 2. The number of hydrogen-bond donors (Lipinski definition) is 2. The van der Waals surface area contributed by atoms with E-state index in [1.54, 1.807) is 6.08 Å². The van der Waals surface area contributed by atoms with Crippen LogP contribution in [0, 0.1) is 0 Å². The third-order valence-corrected chi connectivity index (χ3v) is 5.08. The smallest absolute Gasteiger partial charge is 0.248 e. The Hall–Kier alpha value is -3.28. The van der Waals surface area contributed by atoms with Gasteiger partial charge in [-0.25, -0.2) is 4.98 Å². The zero-order chi connectivity index (χ0) is 18.2. The Bertz CT molecular complexity index is 1050. The van der Waals surface area contributed by atoms with Crippen LogP contribution >= 0.6 is 0 Å². The number of nitrogens with one attached hydrogen (secondary N) is 2. The number of nitrogens with zero attached hydrogens (tertiary/aromatic N) is 1. The standard InChI is InChI=1S/C21H19N3O3/c25-20(9-5-13-4-8-18-19(10-13)27-12-26-18)22-15-6-7-16-17(11-15)24-21(23-16)14-2-1-3-14/h4-11,14H,1-3,12H2,(H,22,25)(H,23,24). The first-order chi connectivity index (χ1) is 13.2. The first-order valence-corrected chi connectivity index (χ1v) is 9.13. The van der Waals surface area contributed by atoms with E-state index in [4.69, 9.17) is 9.47 Å². The van der Waals surface area contributed by atoms with Crippen LogP contribution in [0.5, 0.6) is 11.5 Å². The van der Waals surface area contributed by atoms with E-state index < -0.39 is 0 Å². The molecular weight excluding hydrogens is 342 g/mol. The molecule has 1 aliphatic heterocycles. The summed E-state index contributed by atoms with van der Waals surface area (Å²) in [5.74, 6) is 2.85. The van der Waals surface area contributed by atoms with Gasteiger partial charge >= 0.3 is 0 Å². The van der Waals surface area contributed by atoms with Crippen molar-refractivity contribution in [1.29, 1.82) is 0 Å². The van der Waals surface area contributed by atoms with E-state index >= 15 is 0 Å². The number of fused-ring (bicyclic) bond motifs is 2. The van der Waals surface area contributed by atoms with Gasteiger partial charge in [0.05, 0.1) is 11.0 Å². The van der Waals surface area contributed by atoms with E-state index in [0.717, 1.165) is 33.9 Å². The lowest BCUT2D eigenvalue weighted by molar-refractivity contribution is -0.111. The van der Waals surface area contributed by atoms with E-state index in [-0.39, 0.29) is 12.7 Å². The van der Waals surface area contributed by atoms with Gasteiger partial charge in [0.1, 0.15) is 5.82 Å². The maximum absolute atomic E-state index is 12.2. The zero-order valence-corrected chi connectivity index (χ0v) is 14.7. The molecule has 27 heavy (non-hydrogen) atoms. The van der Waals surface area contributed by atoms with E-state index in [1.807, 2.05) is 36.4 Å². The molecule has 2 aliphatic rings. The molecule has 1 fully saturated rings. The van der Waals surface area contributed by atoms with Crippen LogP contribution in [-0.4, -0.2) is 22.7 Å². The highest BCUT2D eigenvalue weighted by atomic mass is 16.7. The van der Waals surface area contributed by atoms with Gasteiger partial charge in [0.15, 0.2) is 11.5 Å². The van der Waals surface area contributed by atoms with Crippen LogP contribution in [0.1, 0.15) is 36.6 Å². The van der Waals surface area contributed by atoms with Gasteiger partial charge in [0.2, 0.25) is 12.7 Å².